The van der Waals surface area contributed by atoms with E-state index in [0.717, 1.165) is 18.9 Å². The van der Waals surface area contributed by atoms with Gasteiger partial charge in [-0.15, -0.1) is 0 Å². The summed E-state index contributed by atoms with van der Waals surface area (Å²) in [7, 11) is 2.16. The number of aliphatic hydroxyl groups excluding tert-OH is 1. The van der Waals surface area contributed by atoms with Crippen molar-refractivity contribution >= 4 is 0 Å². The summed E-state index contributed by atoms with van der Waals surface area (Å²) in [6.45, 7) is 3.13. The lowest BCUT2D eigenvalue weighted by molar-refractivity contribution is 0.0859. The molecule has 1 N–H and O–H groups in total. The van der Waals surface area contributed by atoms with Crippen LogP contribution in [0.3, 0.4) is 0 Å². The van der Waals surface area contributed by atoms with E-state index in [-0.39, 0.29) is 6.10 Å². The van der Waals surface area contributed by atoms with Crippen molar-refractivity contribution in [3.8, 4) is 0 Å². The van der Waals surface area contributed by atoms with E-state index >= 15 is 0 Å². The van der Waals surface area contributed by atoms with Gasteiger partial charge in [0, 0.05) is 12.6 Å². The van der Waals surface area contributed by atoms with Crippen molar-refractivity contribution in [2.45, 2.75) is 51.2 Å². The van der Waals surface area contributed by atoms with Gasteiger partial charge in [-0.25, -0.2) is 0 Å². The summed E-state index contributed by atoms with van der Waals surface area (Å²) >= 11 is 0. The Hall–Kier alpha value is -0.860. The van der Waals surface area contributed by atoms with Crippen LogP contribution in [0.5, 0.6) is 0 Å². The molecule has 1 aliphatic carbocycles. The molecule has 1 aromatic rings. The number of likely N-dealkylation sites (N-methyl/N-ethyl adjacent to an activating group) is 1. The second-order valence-corrected chi connectivity index (χ2v) is 6.20. The third kappa shape index (κ3) is 4.63. The van der Waals surface area contributed by atoms with Crippen molar-refractivity contribution in [2.75, 3.05) is 13.6 Å². The topological polar surface area (TPSA) is 23.5 Å². The molecule has 0 aliphatic heterocycles. The minimum Gasteiger partial charge on any atom is -0.391 e. The van der Waals surface area contributed by atoms with E-state index in [1.54, 1.807) is 0 Å². The molecule has 2 nitrogen and oxygen atoms in total. The highest BCUT2D eigenvalue weighted by Gasteiger charge is 2.22. The predicted octanol–water partition coefficient (Wildman–Crippen LogP) is 3.10. The van der Waals surface area contributed by atoms with Crippen molar-refractivity contribution in [3.05, 3.63) is 35.9 Å². The maximum Gasteiger partial charge on any atom is 0.0707 e. The maximum absolute atomic E-state index is 10.2. The Bertz CT molecular complexity index is 357. The van der Waals surface area contributed by atoms with E-state index in [1.165, 1.54) is 31.2 Å². The minimum atomic E-state index is -0.258. The SMILES string of the molecule is CC1CCC(N(C)CC(O)Cc2ccccc2)CC1. The highest BCUT2D eigenvalue weighted by atomic mass is 16.3. The Balaban J connectivity index is 1.77. The number of benzene rings is 1. The minimum absolute atomic E-state index is 0.258. The molecular formula is C17H27NO. The summed E-state index contributed by atoms with van der Waals surface area (Å²) in [4.78, 5) is 2.36. The Morgan fingerprint density at radius 3 is 2.42 bits per heavy atom. The lowest BCUT2D eigenvalue weighted by atomic mass is 9.86. The standard InChI is InChI=1S/C17H27NO/c1-14-8-10-16(11-9-14)18(2)13-17(19)12-15-6-4-3-5-7-15/h3-7,14,16-17,19H,8-13H2,1-2H3. The number of hydrogen-bond acceptors (Lipinski definition) is 2. The molecule has 0 heterocycles. The molecule has 0 spiro atoms. The third-order valence-corrected chi connectivity index (χ3v) is 4.42. The van der Waals surface area contributed by atoms with Gasteiger partial charge in [-0.05, 0) is 50.6 Å². The Kier molecular flexibility index (Phi) is 5.41. The molecule has 1 fully saturated rings. The Morgan fingerprint density at radius 1 is 1.16 bits per heavy atom. The molecule has 0 radical (unpaired) electrons. The first-order valence-electron chi connectivity index (χ1n) is 7.57. The predicted molar refractivity (Wildman–Crippen MR) is 80.2 cm³/mol. The van der Waals surface area contributed by atoms with E-state index in [0.29, 0.717) is 6.04 Å². The molecule has 0 amide bonds. The number of hydrogen-bond donors (Lipinski definition) is 1. The van der Waals surface area contributed by atoms with Gasteiger partial charge in [0.05, 0.1) is 6.10 Å². The van der Waals surface area contributed by atoms with Crippen LogP contribution in [0.2, 0.25) is 0 Å². The largest absolute Gasteiger partial charge is 0.391 e. The smallest absolute Gasteiger partial charge is 0.0707 e. The first-order valence-corrected chi connectivity index (χ1v) is 7.57. The average molecular weight is 261 g/mol. The summed E-state index contributed by atoms with van der Waals surface area (Å²) in [6, 6.07) is 10.9. The van der Waals surface area contributed by atoms with Gasteiger partial charge in [0.1, 0.15) is 0 Å². The van der Waals surface area contributed by atoms with Gasteiger partial charge in [-0.1, -0.05) is 37.3 Å². The zero-order valence-corrected chi connectivity index (χ0v) is 12.3. The van der Waals surface area contributed by atoms with Gasteiger partial charge in [0.2, 0.25) is 0 Å². The summed E-state index contributed by atoms with van der Waals surface area (Å²) < 4.78 is 0. The van der Waals surface area contributed by atoms with Crippen LogP contribution >= 0.6 is 0 Å². The molecule has 2 heteroatoms. The molecule has 19 heavy (non-hydrogen) atoms. The molecule has 1 unspecified atom stereocenters. The van der Waals surface area contributed by atoms with Crippen LogP contribution in [0, 0.1) is 5.92 Å². The van der Waals surface area contributed by atoms with E-state index < -0.39 is 0 Å². The van der Waals surface area contributed by atoms with Crippen molar-refractivity contribution in [3.63, 3.8) is 0 Å². The molecule has 1 atom stereocenters. The maximum atomic E-state index is 10.2. The van der Waals surface area contributed by atoms with Crippen LogP contribution < -0.4 is 0 Å². The molecule has 1 saturated carbocycles. The second-order valence-electron chi connectivity index (χ2n) is 6.20. The van der Waals surface area contributed by atoms with Crippen LogP contribution in [-0.2, 0) is 6.42 Å². The molecule has 2 rings (SSSR count). The second kappa shape index (κ2) is 7.06. The van der Waals surface area contributed by atoms with Crippen molar-refractivity contribution in [1.29, 1.82) is 0 Å². The van der Waals surface area contributed by atoms with Crippen LogP contribution in [0.15, 0.2) is 30.3 Å². The summed E-state index contributed by atoms with van der Waals surface area (Å²) in [5.41, 5.74) is 1.22. The van der Waals surface area contributed by atoms with Crippen LogP contribution in [0.25, 0.3) is 0 Å². The molecule has 1 aliphatic rings. The fourth-order valence-electron chi connectivity index (χ4n) is 3.12. The molecule has 1 aromatic carbocycles. The number of rotatable bonds is 5. The molecule has 0 bridgehead atoms. The first-order chi connectivity index (χ1) is 9.15. The van der Waals surface area contributed by atoms with Gasteiger partial charge < -0.3 is 10.0 Å². The normalized spacial score (nSPS) is 25.5. The van der Waals surface area contributed by atoms with Gasteiger partial charge >= 0.3 is 0 Å². The highest BCUT2D eigenvalue weighted by molar-refractivity contribution is 5.15. The first kappa shape index (κ1) is 14.5. The van der Waals surface area contributed by atoms with Crippen LogP contribution in [0.1, 0.15) is 38.2 Å². The molecule has 106 valence electrons. The monoisotopic (exact) mass is 261 g/mol. The molecular weight excluding hydrogens is 234 g/mol. The van der Waals surface area contributed by atoms with Crippen molar-refractivity contribution in [1.82, 2.24) is 4.90 Å². The fourth-order valence-corrected chi connectivity index (χ4v) is 3.12. The summed E-state index contributed by atoms with van der Waals surface area (Å²) in [5.74, 6) is 0.888. The zero-order valence-electron chi connectivity index (χ0n) is 12.3. The Labute approximate surface area is 117 Å². The van der Waals surface area contributed by atoms with E-state index in [1.807, 2.05) is 18.2 Å². The number of aliphatic hydroxyl groups is 1. The van der Waals surface area contributed by atoms with Gasteiger partial charge in [0.15, 0.2) is 0 Å². The average Bonchev–Trinajstić information content (AvgIpc) is 2.40. The fraction of sp³-hybridized carbons (Fsp3) is 0.647. The van der Waals surface area contributed by atoms with Gasteiger partial charge in [0.25, 0.3) is 0 Å². The van der Waals surface area contributed by atoms with E-state index in [2.05, 4.69) is 31.0 Å². The summed E-state index contributed by atoms with van der Waals surface area (Å²) in [6.07, 6.45) is 5.75. The third-order valence-electron chi connectivity index (χ3n) is 4.42. The molecule has 0 saturated heterocycles. The zero-order chi connectivity index (χ0) is 13.7. The summed E-state index contributed by atoms with van der Waals surface area (Å²) in [5, 5.41) is 10.2. The number of nitrogens with zero attached hydrogens (tertiary/aromatic N) is 1. The Morgan fingerprint density at radius 2 is 1.79 bits per heavy atom. The van der Waals surface area contributed by atoms with Gasteiger partial charge in [-0.3, -0.25) is 0 Å². The van der Waals surface area contributed by atoms with Crippen molar-refractivity contribution in [2.24, 2.45) is 5.92 Å². The highest BCUT2D eigenvalue weighted by Crippen LogP contribution is 2.26. The van der Waals surface area contributed by atoms with Crippen LogP contribution in [-0.4, -0.2) is 35.7 Å². The van der Waals surface area contributed by atoms with E-state index in [4.69, 9.17) is 0 Å². The lowest BCUT2D eigenvalue weighted by Crippen LogP contribution is -2.40. The lowest BCUT2D eigenvalue weighted by Gasteiger charge is -2.34. The van der Waals surface area contributed by atoms with Crippen molar-refractivity contribution < 1.29 is 5.11 Å². The quantitative estimate of drug-likeness (QED) is 0.880. The molecule has 0 aromatic heterocycles. The van der Waals surface area contributed by atoms with Gasteiger partial charge in [-0.2, -0.15) is 0 Å². The van der Waals surface area contributed by atoms with Crippen LogP contribution in [0.4, 0.5) is 0 Å². The van der Waals surface area contributed by atoms with E-state index in [9.17, 15) is 5.11 Å².